The first-order valence-electron chi connectivity index (χ1n) is 10.1. The van der Waals surface area contributed by atoms with E-state index in [9.17, 15) is 4.79 Å². The first-order valence-corrected chi connectivity index (χ1v) is 10.1. The Bertz CT molecular complexity index is 996. The Kier molecular flexibility index (Phi) is 4.60. The molecule has 3 aromatic rings. The van der Waals surface area contributed by atoms with Crippen molar-refractivity contribution in [1.82, 2.24) is 14.4 Å². The van der Waals surface area contributed by atoms with Gasteiger partial charge in [-0.05, 0) is 35.4 Å². The molecule has 148 valence electrons. The van der Waals surface area contributed by atoms with E-state index in [1.165, 1.54) is 11.1 Å². The van der Waals surface area contributed by atoms with Crippen LogP contribution in [-0.4, -0.2) is 46.5 Å². The zero-order valence-electron chi connectivity index (χ0n) is 16.6. The summed E-state index contributed by atoms with van der Waals surface area (Å²) in [6.45, 7) is 3.35. The topological polar surface area (TPSA) is 37.7 Å². The summed E-state index contributed by atoms with van der Waals surface area (Å²) in [5.74, 6) is 1.01. The van der Waals surface area contributed by atoms with E-state index in [4.69, 9.17) is 4.74 Å². The van der Waals surface area contributed by atoms with Gasteiger partial charge in [0.2, 0.25) is 0 Å². The van der Waals surface area contributed by atoms with Gasteiger partial charge in [-0.1, -0.05) is 42.5 Å². The van der Waals surface area contributed by atoms with Crippen LogP contribution < -0.4 is 4.74 Å². The Labute approximate surface area is 171 Å². The van der Waals surface area contributed by atoms with Crippen LogP contribution in [0, 0.1) is 0 Å². The predicted octanol–water partition coefficient (Wildman–Crippen LogP) is 3.58. The molecule has 5 rings (SSSR count). The second-order valence-corrected chi connectivity index (χ2v) is 7.90. The second-order valence-electron chi connectivity index (χ2n) is 7.90. The number of methoxy groups -OCH3 is 1. The van der Waals surface area contributed by atoms with Crippen molar-refractivity contribution < 1.29 is 9.53 Å². The number of ether oxygens (including phenoxy) is 1. The fourth-order valence-corrected chi connectivity index (χ4v) is 4.68. The SMILES string of the molecule is COc1ccc(CN2CC3C(C2)n2cccc2C(=O)N3Cc2ccccc2)cc1. The third kappa shape index (κ3) is 3.32. The largest absolute Gasteiger partial charge is 0.497 e. The van der Waals surface area contributed by atoms with Gasteiger partial charge in [-0.2, -0.15) is 0 Å². The van der Waals surface area contributed by atoms with Crippen LogP contribution in [0.3, 0.4) is 0 Å². The van der Waals surface area contributed by atoms with E-state index in [0.29, 0.717) is 12.6 Å². The van der Waals surface area contributed by atoms with Crippen LogP contribution in [0.5, 0.6) is 5.75 Å². The fourth-order valence-electron chi connectivity index (χ4n) is 4.68. The first-order chi connectivity index (χ1) is 14.2. The minimum atomic E-state index is 0.131. The van der Waals surface area contributed by atoms with Crippen LogP contribution in [0.25, 0.3) is 0 Å². The molecule has 2 unspecified atom stereocenters. The van der Waals surface area contributed by atoms with E-state index < -0.39 is 0 Å². The third-order valence-corrected chi connectivity index (χ3v) is 6.11. The Balaban J connectivity index is 1.40. The number of benzene rings is 2. The minimum Gasteiger partial charge on any atom is -0.497 e. The van der Waals surface area contributed by atoms with Crippen molar-refractivity contribution in [2.45, 2.75) is 25.2 Å². The summed E-state index contributed by atoms with van der Waals surface area (Å²) in [5.41, 5.74) is 3.24. The third-order valence-electron chi connectivity index (χ3n) is 6.11. The summed E-state index contributed by atoms with van der Waals surface area (Å²) in [4.78, 5) is 17.8. The first kappa shape index (κ1) is 18.0. The van der Waals surface area contributed by atoms with Crippen LogP contribution in [-0.2, 0) is 13.1 Å². The van der Waals surface area contributed by atoms with Gasteiger partial charge in [-0.25, -0.2) is 0 Å². The van der Waals surface area contributed by atoms with Gasteiger partial charge in [0, 0.05) is 32.4 Å². The monoisotopic (exact) mass is 387 g/mol. The van der Waals surface area contributed by atoms with Gasteiger partial charge in [0.15, 0.2) is 0 Å². The molecule has 1 aromatic heterocycles. The normalized spacial score (nSPS) is 21.1. The van der Waals surface area contributed by atoms with Gasteiger partial charge in [0.25, 0.3) is 5.91 Å². The highest BCUT2D eigenvalue weighted by Crippen LogP contribution is 2.35. The Morgan fingerprint density at radius 1 is 0.862 bits per heavy atom. The number of hydrogen-bond donors (Lipinski definition) is 0. The molecule has 0 aliphatic carbocycles. The van der Waals surface area contributed by atoms with Gasteiger partial charge < -0.3 is 14.2 Å². The van der Waals surface area contributed by atoms with Gasteiger partial charge in [-0.3, -0.25) is 9.69 Å². The number of hydrogen-bond acceptors (Lipinski definition) is 3. The molecule has 2 aliphatic heterocycles. The smallest absolute Gasteiger partial charge is 0.271 e. The lowest BCUT2D eigenvalue weighted by Crippen LogP contribution is -2.49. The van der Waals surface area contributed by atoms with Crippen LogP contribution in [0.1, 0.15) is 27.7 Å². The Morgan fingerprint density at radius 3 is 2.34 bits per heavy atom. The molecule has 2 aromatic carbocycles. The molecule has 2 atom stereocenters. The number of amides is 1. The van der Waals surface area contributed by atoms with Crippen LogP contribution in [0.15, 0.2) is 72.9 Å². The Hall–Kier alpha value is -3.05. The van der Waals surface area contributed by atoms with Gasteiger partial charge in [-0.15, -0.1) is 0 Å². The summed E-state index contributed by atoms with van der Waals surface area (Å²) < 4.78 is 7.45. The van der Waals surface area contributed by atoms with Gasteiger partial charge >= 0.3 is 0 Å². The van der Waals surface area contributed by atoms with Gasteiger partial charge in [0.05, 0.1) is 19.2 Å². The summed E-state index contributed by atoms with van der Waals surface area (Å²) >= 11 is 0. The lowest BCUT2D eigenvalue weighted by atomic mass is 10.0. The maximum atomic E-state index is 13.2. The number of aromatic nitrogens is 1. The lowest BCUT2D eigenvalue weighted by molar-refractivity contribution is 0.0556. The molecule has 29 heavy (non-hydrogen) atoms. The molecular weight excluding hydrogens is 362 g/mol. The number of likely N-dealkylation sites (tertiary alicyclic amines) is 1. The summed E-state index contributed by atoms with van der Waals surface area (Å²) in [6.07, 6.45) is 2.06. The molecule has 1 amide bonds. The molecule has 3 heterocycles. The van der Waals surface area contributed by atoms with E-state index in [2.05, 4.69) is 44.8 Å². The van der Waals surface area contributed by atoms with Gasteiger partial charge in [0.1, 0.15) is 11.4 Å². The van der Waals surface area contributed by atoms with Crippen molar-refractivity contribution in [3.8, 4) is 5.75 Å². The van der Waals surface area contributed by atoms with Crippen LogP contribution >= 0.6 is 0 Å². The quantitative estimate of drug-likeness (QED) is 0.672. The predicted molar refractivity (Wildman–Crippen MR) is 112 cm³/mol. The van der Waals surface area contributed by atoms with Crippen molar-refractivity contribution in [2.75, 3.05) is 20.2 Å². The molecule has 0 N–H and O–H groups in total. The fraction of sp³-hybridized carbons (Fsp3) is 0.292. The molecule has 0 radical (unpaired) electrons. The number of carbonyl (C=O) groups excluding carboxylic acids is 1. The Morgan fingerprint density at radius 2 is 1.59 bits per heavy atom. The molecule has 0 spiro atoms. The molecule has 2 aliphatic rings. The van der Waals surface area contributed by atoms with E-state index in [1.54, 1.807) is 7.11 Å². The van der Waals surface area contributed by atoms with Crippen LogP contribution in [0.4, 0.5) is 0 Å². The highest BCUT2D eigenvalue weighted by Gasteiger charge is 2.44. The maximum absolute atomic E-state index is 13.2. The van der Waals surface area contributed by atoms with Crippen LogP contribution in [0.2, 0.25) is 0 Å². The van der Waals surface area contributed by atoms with Crippen molar-refractivity contribution in [1.29, 1.82) is 0 Å². The standard InChI is InChI=1S/C24H25N3O2/c1-29-20-11-9-19(10-12-20)14-25-16-22-23(17-25)27(15-18-6-3-2-4-7-18)24(28)21-8-5-13-26(21)22/h2-13,22-23H,14-17H2,1H3. The minimum absolute atomic E-state index is 0.131. The molecule has 5 heteroatoms. The average Bonchev–Trinajstić information content (AvgIpc) is 3.40. The van der Waals surface area contributed by atoms with E-state index in [-0.39, 0.29) is 11.9 Å². The summed E-state index contributed by atoms with van der Waals surface area (Å²) in [6, 6.07) is 22.9. The summed E-state index contributed by atoms with van der Waals surface area (Å²) in [7, 11) is 1.69. The lowest BCUT2D eigenvalue weighted by Gasteiger charge is -2.38. The van der Waals surface area contributed by atoms with E-state index in [0.717, 1.165) is 31.1 Å². The molecular formula is C24H25N3O2. The van der Waals surface area contributed by atoms with E-state index in [1.807, 2.05) is 42.5 Å². The van der Waals surface area contributed by atoms with Crippen molar-refractivity contribution in [3.63, 3.8) is 0 Å². The van der Waals surface area contributed by atoms with E-state index >= 15 is 0 Å². The number of fused-ring (bicyclic) bond motifs is 3. The molecule has 0 bridgehead atoms. The second kappa shape index (κ2) is 7.41. The zero-order valence-corrected chi connectivity index (χ0v) is 16.6. The van der Waals surface area contributed by atoms with Crippen molar-refractivity contribution in [2.24, 2.45) is 0 Å². The molecule has 5 nitrogen and oxygen atoms in total. The maximum Gasteiger partial charge on any atom is 0.271 e. The average molecular weight is 387 g/mol. The van der Waals surface area contributed by atoms with Crippen molar-refractivity contribution in [3.05, 3.63) is 89.7 Å². The number of nitrogens with zero attached hydrogens (tertiary/aromatic N) is 3. The highest BCUT2D eigenvalue weighted by atomic mass is 16.5. The highest BCUT2D eigenvalue weighted by molar-refractivity contribution is 5.94. The number of rotatable bonds is 5. The summed E-state index contributed by atoms with van der Waals surface area (Å²) in [5, 5.41) is 0. The molecule has 1 fully saturated rings. The zero-order chi connectivity index (χ0) is 19.8. The molecule has 1 saturated heterocycles. The molecule has 0 saturated carbocycles. The number of carbonyl (C=O) groups is 1. The van der Waals surface area contributed by atoms with Crippen molar-refractivity contribution >= 4 is 5.91 Å².